The molecular weight excluding hydrogens is 284 g/mol. The van der Waals surface area contributed by atoms with E-state index in [9.17, 15) is 5.11 Å². The van der Waals surface area contributed by atoms with Gasteiger partial charge in [0.05, 0.1) is 5.69 Å². The second-order valence-electron chi connectivity index (χ2n) is 6.48. The van der Waals surface area contributed by atoms with Crippen molar-refractivity contribution in [3.8, 4) is 0 Å². The highest BCUT2D eigenvalue weighted by Gasteiger charge is 2.26. The Morgan fingerprint density at radius 2 is 1.78 bits per heavy atom. The second kappa shape index (κ2) is 5.84. The Hall–Kier alpha value is -2.10. The van der Waals surface area contributed by atoms with Gasteiger partial charge in [0.1, 0.15) is 6.10 Å². The van der Waals surface area contributed by atoms with Crippen molar-refractivity contribution < 1.29 is 5.11 Å². The summed E-state index contributed by atoms with van der Waals surface area (Å²) in [7, 11) is 2.08. The largest absolute Gasteiger partial charge is 0.386 e. The minimum absolute atomic E-state index is 0.436. The maximum Gasteiger partial charge on any atom is 0.107 e. The summed E-state index contributed by atoms with van der Waals surface area (Å²) in [5.74, 6) is 0. The van der Waals surface area contributed by atoms with E-state index in [-0.39, 0.29) is 0 Å². The lowest BCUT2D eigenvalue weighted by Crippen LogP contribution is -2.24. The molecule has 0 aliphatic carbocycles. The molecule has 1 atom stereocenters. The molecule has 0 spiro atoms. The van der Waals surface area contributed by atoms with Crippen molar-refractivity contribution in [1.29, 1.82) is 0 Å². The van der Waals surface area contributed by atoms with Gasteiger partial charge in [0.2, 0.25) is 0 Å². The lowest BCUT2D eigenvalue weighted by atomic mass is 10.1. The molecule has 1 aliphatic rings. The first-order valence-corrected chi connectivity index (χ1v) is 8.24. The minimum Gasteiger partial charge on any atom is -0.386 e. The number of β-amino-alcohol motifs (C(OH)–C–C–N with tert-alkyl or cyclic N) is 1. The van der Waals surface area contributed by atoms with E-state index < -0.39 is 6.10 Å². The van der Waals surface area contributed by atoms with Gasteiger partial charge in [-0.2, -0.15) is 0 Å². The molecule has 1 aliphatic heterocycles. The monoisotopic (exact) mass is 306 g/mol. The highest BCUT2D eigenvalue weighted by molar-refractivity contribution is 5.86. The zero-order valence-electron chi connectivity index (χ0n) is 13.4. The molecule has 0 amide bonds. The average Bonchev–Trinajstić information content (AvgIpc) is 2.79. The number of benzene rings is 2. The number of hydrogen-bond acceptors (Lipinski definition) is 2. The van der Waals surface area contributed by atoms with Crippen LogP contribution < -0.4 is 0 Å². The molecule has 3 nitrogen and oxygen atoms in total. The molecule has 4 rings (SSSR count). The predicted octanol–water partition coefficient (Wildman–Crippen LogP) is 3.21. The maximum absolute atomic E-state index is 10.8. The summed E-state index contributed by atoms with van der Waals surface area (Å²) in [6.45, 7) is 2.49. The van der Waals surface area contributed by atoms with Crippen molar-refractivity contribution >= 4 is 10.9 Å². The molecule has 0 saturated heterocycles. The van der Waals surface area contributed by atoms with Crippen molar-refractivity contribution in [2.75, 3.05) is 20.1 Å². The topological polar surface area (TPSA) is 28.4 Å². The normalized spacial score (nSPS) is 18.8. The number of aliphatic hydroxyl groups is 1. The Morgan fingerprint density at radius 1 is 1.04 bits per heavy atom. The van der Waals surface area contributed by atoms with Crippen LogP contribution in [0.2, 0.25) is 0 Å². The summed E-state index contributed by atoms with van der Waals surface area (Å²) in [5.41, 5.74) is 4.90. The van der Waals surface area contributed by atoms with Crippen LogP contribution in [0, 0.1) is 0 Å². The van der Waals surface area contributed by atoms with Crippen LogP contribution in [0.25, 0.3) is 10.9 Å². The van der Waals surface area contributed by atoms with E-state index in [1.165, 1.54) is 22.0 Å². The first-order chi connectivity index (χ1) is 11.2. The number of aromatic nitrogens is 1. The molecule has 1 unspecified atom stereocenters. The van der Waals surface area contributed by atoms with Crippen LogP contribution in [0.4, 0.5) is 0 Å². The van der Waals surface area contributed by atoms with Gasteiger partial charge in [-0.25, -0.2) is 0 Å². The van der Waals surface area contributed by atoms with E-state index in [0.717, 1.165) is 25.2 Å². The van der Waals surface area contributed by atoms with Gasteiger partial charge in [-0.3, -0.25) is 0 Å². The Kier molecular flexibility index (Phi) is 3.68. The zero-order valence-corrected chi connectivity index (χ0v) is 13.4. The summed E-state index contributed by atoms with van der Waals surface area (Å²) in [5, 5.41) is 12.1. The third-order valence-electron chi connectivity index (χ3n) is 4.85. The van der Waals surface area contributed by atoms with Gasteiger partial charge in [0.25, 0.3) is 0 Å². The number of rotatable bonds is 2. The fraction of sp³-hybridized carbons (Fsp3) is 0.300. The second-order valence-corrected chi connectivity index (χ2v) is 6.48. The van der Waals surface area contributed by atoms with Gasteiger partial charge in [-0.1, -0.05) is 48.5 Å². The molecule has 0 saturated carbocycles. The number of fused-ring (bicyclic) bond motifs is 3. The lowest BCUT2D eigenvalue weighted by Gasteiger charge is -2.19. The van der Waals surface area contributed by atoms with Crippen LogP contribution in [0.1, 0.15) is 22.9 Å². The molecular formula is C20H22N2O. The van der Waals surface area contributed by atoms with Gasteiger partial charge < -0.3 is 14.6 Å². The summed E-state index contributed by atoms with van der Waals surface area (Å²) >= 11 is 0. The van der Waals surface area contributed by atoms with Crippen LogP contribution >= 0.6 is 0 Å². The van der Waals surface area contributed by atoms with Gasteiger partial charge >= 0.3 is 0 Å². The van der Waals surface area contributed by atoms with Crippen molar-refractivity contribution in [2.24, 2.45) is 0 Å². The van der Waals surface area contributed by atoms with Gasteiger partial charge in [0.15, 0.2) is 0 Å². The highest BCUT2D eigenvalue weighted by Crippen LogP contribution is 2.33. The Bertz CT molecular complexity index is 822. The highest BCUT2D eigenvalue weighted by atomic mass is 16.3. The van der Waals surface area contributed by atoms with E-state index >= 15 is 0 Å². The first-order valence-electron chi connectivity index (χ1n) is 8.24. The lowest BCUT2D eigenvalue weighted by molar-refractivity contribution is 0.127. The third kappa shape index (κ3) is 2.56. The summed E-state index contributed by atoms with van der Waals surface area (Å²) in [4.78, 5) is 2.21. The van der Waals surface area contributed by atoms with E-state index in [0.29, 0.717) is 6.54 Å². The van der Waals surface area contributed by atoms with E-state index in [4.69, 9.17) is 0 Å². The first kappa shape index (κ1) is 14.5. The summed E-state index contributed by atoms with van der Waals surface area (Å²) in [6, 6.07) is 19.0. The minimum atomic E-state index is -0.436. The van der Waals surface area contributed by atoms with Crippen molar-refractivity contribution in [3.63, 3.8) is 0 Å². The Labute approximate surface area is 136 Å². The quantitative estimate of drug-likeness (QED) is 0.787. The van der Waals surface area contributed by atoms with Gasteiger partial charge in [-0.15, -0.1) is 0 Å². The number of nitrogens with zero attached hydrogens (tertiary/aromatic N) is 2. The number of hydrogen-bond donors (Lipinski definition) is 1. The molecule has 3 aromatic rings. The van der Waals surface area contributed by atoms with E-state index in [1.54, 1.807) is 0 Å². The van der Waals surface area contributed by atoms with Crippen LogP contribution in [0.3, 0.4) is 0 Å². The summed E-state index contributed by atoms with van der Waals surface area (Å²) in [6.07, 6.45) is 0.555. The molecule has 23 heavy (non-hydrogen) atoms. The molecule has 2 heterocycles. The SMILES string of the molecule is CN1CCc2c(n(Cc3ccccc3)c3ccccc23)C(O)C1. The summed E-state index contributed by atoms with van der Waals surface area (Å²) < 4.78 is 2.31. The van der Waals surface area contributed by atoms with Crippen molar-refractivity contribution in [3.05, 3.63) is 71.4 Å². The molecule has 1 aromatic heterocycles. The fourth-order valence-electron chi connectivity index (χ4n) is 3.75. The third-order valence-corrected chi connectivity index (χ3v) is 4.85. The smallest absolute Gasteiger partial charge is 0.107 e. The van der Waals surface area contributed by atoms with E-state index in [1.807, 2.05) is 6.07 Å². The van der Waals surface area contributed by atoms with Crippen LogP contribution in [-0.4, -0.2) is 34.7 Å². The van der Waals surface area contributed by atoms with Gasteiger partial charge in [-0.05, 0) is 30.7 Å². The molecule has 3 heteroatoms. The molecule has 0 fully saturated rings. The average molecular weight is 306 g/mol. The fourth-order valence-corrected chi connectivity index (χ4v) is 3.75. The Balaban J connectivity index is 1.90. The van der Waals surface area contributed by atoms with Crippen LogP contribution in [-0.2, 0) is 13.0 Å². The molecule has 2 aromatic carbocycles. The van der Waals surface area contributed by atoms with Gasteiger partial charge in [0, 0.05) is 30.5 Å². The molecule has 0 radical (unpaired) electrons. The van der Waals surface area contributed by atoms with Crippen molar-refractivity contribution in [2.45, 2.75) is 19.1 Å². The van der Waals surface area contributed by atoms with Crippen molar-refractivity contribution in [1.82, 2.24) is 9.47 Å². The van der Waals surface area contributed by atoms with Crippen LogP contribution in [0.15, 0.2) is 54.6 Å². The molecule has 0 bridgehead atoms. The predicted molar refractivity (Wildman–Crippen MR) is 93.6 cm³/mol. The number of likely N-dealkylation sites (N-methyl/N-ethyl adjacent to an activating group) is 1. The number of aliphatic hydroxyl groups excluding tert-OH is 1. The number of para-hydroxylation sites is 1. The zero-order chi connectivity index (χ0) is 15.8. The molecule has 118 valence electrons. The van der Waals surface area contributed by atoms with E-state index in [2.05, 4.69) is 65.0 Å². The maximum atomic E-state index is 10.8. The standard InChI is InChI=1S/C20H22N2O/c1-21-12-11-17-16-9-5-6-10-18(16)22(20(17)19(23)14-21)13-15-7-3-2-4-8-15/h2-10,19,23H,11-14H2,1H3. The molecule has 1 N–H and O–H groups in total. The van der Waals surface area contributed by atoms with Crippen LogP contribution in [0.5, 0.6) is 0 Å². The Morgan fingerprint density at radius 3 is 2.61 bits per heavy atom.